The van der Waals surface area contributed by atoms with Gasteiger partial charge in [0, 0.05) is 18.9 Å². The minimum absolute atomic E-state index is 0.0649. The summed E-state index contributed by atoms with van der Waals surface area (Å²) in [7, 11) is -3.54. The molecule has 0 aliphatic carbocycles. The number of aromatic nitrogens is 2. The SMILES string of the molecule is N#Cc1nccnc1OC1CCN(S(=O)(=O)Cc2ccc(F)cc2)C1. The van der Waals surface area contributed by atoms with E-state index < -0.39 is 21.9 Å². The maximum atomic E-state index is 12.9. The van der Waals surface area contributed by atoms with Crippen LogP contribution in [0.3, 0.4) is 0 Å². The van der Waals surface area contributed by atoms with E-state index in [1.54, 1.807) is 0 Å². The molecule has 0 bridgehead atoms. The molecule has 2 heterocycles. The van der Waals surface area contributed by atoms with Gasteiger partial charge in [-0.2, -0.15) is 9.57 Å². The fourth-order valence-corrected chi connectivity index (χ4v) is 4.15. The van der Waals surface area contributed by atoms with E-state index in [9.17, 15) is 12.8 Å². The third kappa shape index (κ3) is 4.10. The molecule has 1 aliphatic rings. The van der Waals surface area contributed by atoms with Gasteiger partial charge in [-0.1, -0.05) is 12.1 Å². The van der Waals surface area contributed by atoms with Crippen LogP contribution >= 0.6 is 0 Å². The lowest BCUT2D eigenvalue weighted by atomic mass is 10.2. The van der Waals surface area contributed by atoms with Crippen LogP contribution in [0.4, 0.5) is 4.39 Å². The van der Waals surface area contributed by atoms with Gasteiger partial charge in [-0.25, -0.2) is 22.8 Å². The molecule has 9 heteroatoms. The molecular weight excluding hydrogens is 347 g/mol. The molecule has 2 aromatic rings. The first-order chi connectivity index (χ1) is 12.0. The Morgan fingerprint density at radius 1 is 1.28 bits per heavy atom. The average Bonchev–Trinajstić information content (AvgIpc) is 3.07. The standard InChI is InChI=1S/C16H15FN4O3S/c17-13-3-1-12(2-4-13)11-25(22,23)21-8-5-14(10-21)24-16-15(9-18)19-6-7-20-16/h1-4,6-7,14H,5,8,10-11H2. The topological polar surface area (TPSA) is 96.2 Å². The van der Waals surface area contributed by atoms with Gasteiger partial charge in [0.25, 0.3) is 5.88 Å². The van der Waals surface area contributed by atoms with Crippen molar-refractivity contribution < 1.29 is 17.5 Å². The Bertz CT molecular complexity index is 896. The van der Waals surface area contributed by atoms with E-state index in [0.29, 0.717) is 18.5 Å². The van der Waals surface area contributed by atoms with Crippen LogP contribution in [0, 0.1) is 17.1 Å². The Morgan fingerprint density at radius 3 is 2.72 bits per heavy atom. The van der Waals surface area contributed by atoms with Crippen LogP contribution in [-0.4, -0.2) is 41.9 Å². The molecule has 1 atom stereocenters. The van der Waals surface area contributed by atoms with Crippen molar-refractivity contribution in [2.75, 3.05) is 13.1 Å². The zero-order valence-corrected chi connectivity index (χ0v) is 14.0. The largest absolute Gasteiger partial charge is 0.471 e. The van der Waals surface area contributed by atoms with Gasteiger partial charge < -0.3 is 4.74 Å². The van der Waals surface area contributed by atoms with Crippen LogP contribution in [0.1, 0.15) is 17.7 Å². The molecule has 0 saturated carbocycles. The Balaban J connectivity index is 1.65. The fraction of sp³-hybridized carbons (Fsp3) is 0.312. The maximum absolute atomic E-state index is 12.9. The third-order valence-electron chi connectivity index (χ3n) is 3.81. The van der Waals surface area contributed by atoms with Crippen LogP contribution < -0.4 is 4.74 Å². The zero-order chi connectivity index (χ0) is 17.9. The Morgan fingerprint density at radius 2 is 2.00 bits per heavy atom. The van der Waals surface area contributed by atoms with E-state index in [1.807, 2.05) is 6.07 Å². The zero-order valence-electron chi connectivity index (χ0n) is 13.2. The van der Waals surface area contributed by atoms with Crippen molar-refractivity contribution in [2.24, 2.45) is 0 Å². The van der Waals surface area contributed by atoms with Crippen molar-refractivity contribution in [2.45, 2.75) is 18.3 Å². The molecule has 1 aliphatic heterocycles. The van der Waals surface area contributed by atoms with Gasteiger partial charge in [0.1, 0.15) is 18.0 Å². The lowest BCUT2D eigenvalue weighted by molar-refractivity contribution is 0.205. The highest BCUT2D eigenvalue weighted by atomic mass is 32.2. The number of nitrogens with zero attached hydrogens (tertiary/aromatic N) is 4. The Labute approximate surface area is 144 Å². The summed E-state index contributed by atoms with van der Waals surface area (Å²) in [6, 6.07) is 7.26. The first kappa shape index (κ1) is 17.3. The quantitative estimate of drug-likeness (QED) is 0.799. The second-order valence-electron chi connectivity index (χ2n) is 5.59. The van der Waals surface area contributed by atoms with Gasteiger partial charge in [-0.3, -0.25) is 0 Å². The van der Waals surface area contributed by atoms with E-state index in [4.69, 9.17) is 10.00 Å². The molecule has 1 unspecified atom stereocenters. The second-order valence-corrected chi connectivity index (χ2v) is 7.56. The van der Waals surface area contributed by atoms with Gasteiger partial charge in [0.15, 0.2) is 0 Å². The molecule has 1 fully saturated rings. The van der Waals surface area contributed by atoms with Crippen molar-refractivity contribution in [1.29, 1.82) is 5.26 Å². The Hall–Kier alpha value is -2.57. The predicted molar refractivity (Wildman–Crippen MR) is 86.4 cm³/mol. The number of benzene rings is 1. The summed E-state index contributed by atoms with van der Waals surface area (Å²) in [5.74, 6) is -0.505. The molecule has 25 heavy (non-hydrogen) atoms. The van der Waals surface area contributed by atoms with Gasteiger partial charge in [-0.15, -0.1) is 0 Å². The summed E-state index contributed by atoms with van der Waals surface area (Å²) in [5.41, 5.74) is 0.585. The number of ether oxygens (including phenoxy) is 1. The van der Waals surface area contributed by atoms with Gasteiger partial charge in [0.05, 0.1) is 12.3 Å². The highest BCUT2D eigenvalue weighted by Gasteiger charge is 2.33. The van der Waals surface area contributed by atoms with Crippen LogP contribution in [-0.2, 0) is 15.8 Å². The van der Waals surface area contributed by atoms with E-state index >= 15 is 0 Å². The van der Waals surface area contributed by atoms with Crippen molar-refractivity contribution in [1.82, 2.24) is 14.3 Å². The molecule has 7 nitrogen and oxygen atoms in total. The number of hydrogen-bond donors (Lipinski definition) is 0. The molecule has 1 aromatic heterocycles. The molecule has 1 saturated heterocycles. The monoisotopic (exact) mass is 362 g/mol. The molecule has 0 N–H and O–H groups in total. The molecule has 3 rings (SSSR count). The van der Waals surface area contributed by atoms with Crippen LogP contribution in [0.25, 0.3) is 0 Å². The van der Waals surface area contributed by atoms with E-state index in [1.165, 1.54) is 41.0 Å². The molecular formula is C16H15FN4O3S. The van der Waals surface area contributed by atoms with Crippen LogP contribution in [0.2, 0.25) is 0 Å². The summed E-state index contributed by atoms with van der Waals surface area (Å²) >= 11 is 0. The van der Waals surface area contributed by atoms with Gasteiger partial charge in [-0.05, 0) is 24.1 Å². The first-order valence-corrected chi connectivity index (χ1v) is 9.19. The van der Waals surface area contributed by atoms with Crippen molar-refractivity contribution in [3.05, 3.63) is 53.7 Å². The minimum atomic E-state index is -3.54. The molecule has 0 radical (unpaired) electrons. The van der Waals surface area contributed by atoms with Gasteiger partial charge in [0.2, 0.25) is 15.7 Å². The summed E-state index contributed by atoms with van der Waals surface area (Å²) in [4.78, 5) is 7.82. The highest BCUT2D eigenvalue weighted by Crippen LogP contribution is 2.22. The van der Waals surface area contributed by atoms with Crippen molar-refractivity contribution in [3.8, 4) is 11.9 Å². The summed E-state index contributed by atoms with van der Waals surface area (Å²) in [6.07, 6.45) is 2.89. The predicted octanol–water partition coefficient (Wildman–Crippen LogP) is 1.47. The average molecular weight is 362 g/mol. The second kappa shape index (κ2) is 7.13. The van der Waals surface area contributed by atoms with Gasteiger partial charge >= 0.3 is 0 Å². The Kier molecular flexibility index (Phi) is 4.92. The van der Waals surface area contributed by atoms with Crippen molar-refractivity contribution >= 4 is 10.0 Å². The normalized spacial score (nSPS) is 18.0. The fourth-order valence-electron chi connectivity index (χ4n) is 2.58. The highest BCUT2D eigenvalue weighted by molar-refractivity contribution is 7.88. The van der Waals surface area contributed by atoms with Crippen LogP contribution in [0.5, 0.6) is 5.88 Å². The summed E-state index contributed by atoms with van der Waals surface area (Å²) < 4.78 is 44.9. The lowest BCUT2D eigenvalue weighted by Gasteiger charge is -2.17. The number of sulfonamides is 1. The summed E-state index contributed by atoms with van der Waals surface area (Å²) in [5, 5.41) is 8.99. The molecule has 0 amide bonds. The smallest absolute Gasteiger partial charge is 0.251 e. The lowest BCUT2D eigenvalue weighted by Crippen LogP contribution is -2.32. The van der Waals surface area contributed by atoms with Crippen LogP contribution in [0.15, 0.2) is 36.7 Å². The number of rotatable bonds is 5. The number of hydrogen-bond acceptors (Lipinski definition) is 6. The molecule has 130 valence electrons. The molecule has 1 aromatic carbocycles. The summed E-state index contributed by atoms with van der Waals surface area (Å²) in [6.45, 7) is 0.487. The van der Waals surface area contributed by atoms with E-state index in [-0.39, 0.29) is 23.9 Å². The van der Waals surface area contributed by atoms with E-state index in [0.717, 1.165) is 0 Å². The number of nitriles is 1. The third-order valence-corrected chi connectivity index (χ3v) is 5.63. The molecule has 0 spiro atoms. The number of halogens is 1. The van der Waals surface area contributed by atoms with Crippen molar-refractivity contribution in [3.63, 3.8) is 0 Å². The van der Waals surface area contributed by atoms with E-state index in [2.05, 4.69) is 9.97 Å². The maximum Gasteiger partial charge on any atom is 0.251 e. The first-order valence-electron chi connectivity index (χ1n) is 7.58. The minimum Gasteiger partial charge on any atom is -0.471 e.